The van der Waals surface area contributed by atoms with Gasteiger partial charge in [-0.15, -0.1) is 0 Å². The molecule has 0 aliphatic heterocycles. The van der Waals surface area contributed by atoms with Crippen LogP contribution >= 0.6 is 147 Å². The normalized spacial score (nSPS) is 13.5. The minimum absolute atomic E-state index is 1.14. The molecule has 0 spiro atoms. The second kappa shape index (κ2) is 23.5. The predicted molar refractivity (Wildman–Crippen MR) is 131 cm³/mol. The minimum atomic E-state index is -3.00. The standard InChI is InChI=1S/C6H8O7.4Au.16ClH/c7-3(8)1-6(13,5(11)12)2-4(9)10;;;;;;;;;;;;;;;;;;;;/h13H,1-2H2,(H,7,8)(H,9,10)(H,11,12);;;;;16*1H/q;4*+4;;;;;;;;;;;;;;;;/p-16. The molecule has 27 heteroatoms. The summed E-state index contributed by atoms with van der Waals surface area (Å²) in [5.41, 5.74) is -2.74. The quantitative estimate of drug-likeness (QED) is 0.202. The Morgan fingerprint density at radius 1 is 0.485 bits per heavy atom. The number of rotatable bonds is 5. The van der Waals surface area contributed by atoms with E-state index in [1.54, 1.807) is 0 Å². The molecule has 0 unspecified atom stereocenters. The van der Waals surface area contributed by atoms with Crippen LogP contribution in [0.5, 0.6) is 0 Å². The van der Waals surface area contributed by atoms with Crippen LogP contribution < -0.4 is 0 Å². The Balaban J connectivity index is -0.000000109. The number of aliphatic carboxylic acids is 3. The summed E-state index contributed by atoms with van der Waals surface area (Å²) in [6.07, 6.45) is -2.29. The molecule has 0 heterocycles. The van der Waals surface area contributed by atoms with Gasteiger partial charge in [0.2, 0.25) is 0 Å². The number of hydrogen-bond donors (Lipinski definition) is 4. The van der Waals surface area contributed by atoms with Gasteiger partial charge in [0.05, 0.1) is 12.8 Å². The van der Waals surface area contributed by atoms with Crippen LogP contribution in [0.1, 0.15) is 12.8 Å². The van der Waals surface area contributed by atoms with Gasteiger partial charge in [-0.1, -0.05) is 0 Å². The van der Waals surface area contributed by atoms with E-state index in [4.69, 9.17) is 167 Å². The Bertz CT molecular complexity index is 484. The van der Waals surface area contributed by atoms with Crippen molar-refractivity contribution >= 4 is 165 Å². The van der Waals surface area contributed by atoms with E-state index in [0.717, 1.165) is 0 Å². The molecule has 0 aromatic rings. The average Bonchev–Trinajstić information content (AvgIpc) is 2.26. The number of carboxylic acid groups (broad SMARTS) is 3. The molecule has 0 aromatic heterocycles. The molecule has 33 heavy (non-hydrogen) atoms. The summed E-state index contributed by atoms with van der Waals surface area (Å²) in [7, 11) is 80.0. The molecule has 0 radical (unpaired) electrons. The van der Waals surface area contributed by atoms with Gasteiger partial charge in [0.1, 0.15) is 0 Å². The van der Waals surface area contributed by atoms with Crippen molar-refractivity contribution in [3.05, 3.63) is 0 Å². The van der Waals surface area contributed by atoms with Crippen molar-refractivity contribution in [1.82, 2.24) is 0 Å². The van der Waals surface area contributed by atoms with Crippen LogP contribution in [0.15, 0.2) is 0 Å². The van der Waals surface area contributed by atoms with Crippen LogP contribution in [0.2, 0.25) is 0 Å². The number of hydrogen-bond acceptors (Lipinski definition) is 4. The second-order valence-corrected chi connectivity index (χ2v) is 78.6. The van der Waals surface area contributed by atoms with E-state index < -0.39 is 87.6 Å². The van der Waals surface area contributed by atoms with Gasteiger partial charge >= 0.3 is 216 Å². The van der Waals surface area contributed by atoms with Crippen LogP contribution in [-0.4, -0.2) is 43.9 Å². The van der Waals surface area contributed by atoms with Gasteiger partial charge in [-0.2, -0.15) is 0 Å². The van der Waals surface area contributed by atoms with Crippen molar-refractivity contribution in [3.63, 3.8) is 0 Å². The molecule has 230 valence electrons. The topological polar surface area (TPSA) is 132 Å². The van der Waals surface area contributed by atoms with Gasteiger partial charge in [-0.05, 0) is 0 Å². The molecular weight excluding hydrogens is 1540 g/mol. The Kier molecular flexibility index (Phi) is 34.7. The zero-order chi connectivity index (χ0) is 28.6. The van der Waals surface area contributed by atoms with Crippen molar-refractivity contribution in [1.29, 1.82) is 0 Å². The van der Waals surface area contributed by atoms with Crippen LogP contribution in [-0.2, 0) is 65.6 Å². The van der Waals surface area contributed by atoms with Crippen molar-refractivity contribution in [2.24, 2.45) is 0 Å². The van der Waals surface area contributed by atoms with Crippen LogP contribution in [0.25, 0.3) is 0 Å². The molecule has 0 rings (SSSR count). The van der Waals surface area contributed by atoms with Crippen molar-refractivity contribution in [2.75, 3.05) is 0 Å². The zero-order valence-electron chi connectivity index (χ0n) is 13.7. The van der Waals surface area contributed by atoms with Crippen molar-refractivity contribution in [3.8, 4) is 0 Å². The summed E-state index contributed by atoms with van der Waals surface area (Å²) in [5.74, 6) is -5.02. The first-order valence-corrected chi connectivity index (χ1v) is 47.9. The average molecular weight is 1550 g/mol. The van der Waals surface area contributed by atoms with Gasteiger partial charge in [-0.25, -0.2) is 4.79 Å². The summed E-state index contributed by atoms with van der Waals surface area (Å²) in [6, 6.07) is 0. The fourth-order valence-corrected chi connectivity index (χ4v) is 0.714. The van der Waals surface area contributed by atoms with Gasteiger partial charge in [0.25, 0.3) is 0 Å². The maximum absolute atomic E-state index is 10.3. The monoisotopic (exact) mass is 1540 g/mol. The summed E-state index contributed by atoms with van der Waals surface area (Å²) in [4.78, 5) is 30.5. The first-order valence-electron chi connectivity index (χ1n) is 4.99. The van der Waals surface area contributed by atoms with Crippen LogP contribution in [0, 0.1) is 0 Å². The molecule has 0 aliphatic rings. The van der Waals surface area contributed by atoms with E-state index in [0.29, 0.717) is 0 Å². The molecule has 0 fully saturated rings. The Morgan fingerprint density at radius 2 is 0.606 bits per heavy atom. The van der Waals surface area contributed by atoms with E-state index in [9.17, 15) is 14.4 Å². The second-order valence-electron chi connectivity index (χ2n) is 3.51. The Hall–Kier alpha value is 5.97. The first kappa shape index (κ1) is 48.7. The molecule has 0 saturated carbocycles. The van der Waals surface area contributed by atoms with E-state index in [-0.39, 0.29) is 0 Å². The molecular formula is C6H8Au4Cl16O7. The number of halogens is 16. The van der Waals surface area contributed by atoms with Crippen LogP contribution in [0.4, 0.5) is 0 Å². The molecule has 7 nitrogen and oxygen atoms in total. The van der Waals surface area contributed by atoms with E-state index in [1.165, 1.54) is 0 Å². The van der Waals surface area contributed by atoms with Gasteiger partial charge in [0.15, 0.2) is 5.60 Å². The third-order valence-electron chi connectivity index (χ3n) is 1.29. The molecule has 0 aromatic carbocycles. The molecule has 0 bridgehead atoms. The van der Waals surface area contributed by atoms with E-state index in [2.05, 4.69) is 0 Å². The number of carboxylic acids is 3. The summed E-state index contributed by atoms with van der Waals surface area (Å²) < 4.78 is 0. The molecule has 4 N–H and O–H groups in total. The third-order valence-corrected chi connectivity index (χ3v) is 1.29. The fraction of sp³-hybridized carbons (Fsp3) is 0.500. The van der Waals surface area contributed by atoms with Crippen LogP contribution in [0.3, 0.4) is 0 Å². The molecule has 0 saturated heterocycles. The molecule has 0 aliphatic carbocycles. The van der Waals surface area contributed by atoms with Gasteiger partial charge in [-0.3, -0.25) is 9.59 Å². The number of carbonyl (C=O) groups is 3. The zero-order valence-corrected chi connectivity index (χ0v) is 34.4. The molecule has 0 amide bonds. The SMILES string of the molecule is O=C(O)CC(O)(CC(=O)O)C(=O)O.[Cl][Au]([Cl])([Cl])[Cl].[Cl][Au]([Cl])([Cl])[Cl].[Cl][Au]([Cl])([Cl])[Cl].[Cl][Au]([Cl])([Cl])[Cl]. The Morgan fingerprint density at radius 3 is 0.667 bits per heavy atom. The van der Waals surface area contributed by atoms with E-state index >= 15 is 0 Å². The predicted octanol–water partition coefficient (Wildman–Crippen LogP) is 9.77. The maximum atomic E-state index is 10.3. The summed E-state index contributed by atoms with van der Waals surface area (Å²) in [6.45, 7) is 0. The van der Waals surface area contributed by atoms with Crippen molar-refractivity contribution in [2.45, 2.75) is 18.4 Å². The van der Waals surface area contributed by atoms with Gasteiger partial charge in [0, 0.05) is 0 Å². The number of aliphatic hydroxyl groups is 1. The van der Waals surface area contributed by atoms with Crippen molar-refractivity contribution < 1.29 is 86.0 Å². The summed E-state index contributed by atoms with van der Waals surface area (Å²) in [5, 5.41) is 33.8. The first-order chi connectivity index (χ1) is 13.8. The van der Waals surface area contributed by atoms with Gasteiger partial charge < -0.3 is 20.4 Å². The third kappa shape index (κ3) is 102. The van der Waals surface area contributed by atoms with E-state index in [1.807, 2.05) is 0 Å². The summed E-state index contributed by atoms with van der Waals surface area (Å²) >= 11 is -12.0. The Labute approximate surface area is 263 Å². The fourth-order valence-electron chi connectivity index (χ4n) is 0.714. The molecule has 0 atom stereocenters.